The molecule has 0 aliphatic carbocycles. The highest BCUT2D eigenvalue weighted by atomic mass is 16.6. The molecule has 3 aromatic heterocycles. The Labute approximate surface area is 163 Å². The van der Waals surface area contributed by atoms with Gasteiger partial charge in [-0.25, -0.2) is 14.8 Å². The normalized spacial score (nSPS) is 17.9. The standard InChI is InChI=1S/C20H25N5O3/c1-13-10-16(28-23-13)15-11-22-18-21-7-9-25(18)17(15)14-6-5-8-24(12-14)19(26)27-20(2,3)4/h7,9-11,14H,5-6,8,12H2,1-4H3/t14-/m0/s1. The summed E-state index contributed by atoms with van der Waals surface area (Å²) in [4.78, 5) is 23.2. The minimum atomic E-state index is -0.513. The van der Waals surface area contributed by atoms with Gasteiger partial charge < -0.3 is 14.2 Å². The number of carbonyl (C=O) groups is 1. The Balaban J connectivity index is 1.71. The largest absolute Gasteiger partial charge is 0.444 e. The second-order valence-corrected chi connectivity index (χ2v) is 8.25. The average Bonchev–Trinajstić information content (AvgIpc) is 3.28. The molecule has 28 heavy (non-hydrogen) atoms. The summed E-state index contributed by atoms with van der Waals surface area (Å²) in [6, 6.07) is 1.90. The fourth-order valence-corrected chi connectivity index (χ4v) is 3.69. The van der Waals surface area contributed by atoms with Crippen LogP contribution in [0.1, 0.15) is 50.9 Å². The summed E-state index contributed by atoms with van der Waals surface area (Å²) in [6.07, 6.45) is 7.00. The summed E-state index contributed by atoms with van der Waals surface area (Å²) >= 11 is 0. The first-order valence-electron chi connectivity index (χ1n) is 9.55. The van der Waals surface area contributed by atoms with Crippen LogP contribution in [-0.2, 0) is 4.74 Å². The van der Waals surface area contributed by atoms with Gasteiger partial charge in [0.05, 0.1) is 11.3 Å². The number of imidazole rings is 1. The molecule has 1 atom stereocenters. The van der Waals surface area contributed by atoms with Gasteiger partial charge >= 0.3 is 6.09 Å². The molecular weight excluding hydrogens is 358 g/mol. The van der Waals surface area contributed by atoms with Crippen molar-refractivity contribution in [2.24, 2.45) is 0 Å². The number of hydrogen-bond donors (Lipinski definition) is 0. The van der Waals surface area contributed by atoms with Crippen LogP contribution >= 0.6 is 0 Å². The number of likely N-dealkylation sites (tertiary alicyclic amines) is 1. The lowest BCUT2D eigenvalue weighted by Crippen LogP contribution is -2.42. The first-order valence-corrected chi connectivity index (χ1v) is 9.55. The van der Waals surface area contributed by atoms with E-state index in [9.17, 15) is 4.79 Å². The van der Waals surface area contributed by atoms with Crippen molar-refractivity contribution in [3.63, 3.8) is 0 Å². The van der Waals surface area contributed by atoms with Crippen molar-refractivity contribution in [3.8, 4) is 11.3 Å². The first kappa shape index (κ1) is 18.5. The topological polar surface area (TPSA) is 85.8 Å². The highest BCUT2D eigenvalue weighted by Crippen LogP contribution is 2.35. The van der Waals surface area contributed by atoms with Crippen molar-refractivity contribution >= 4 is 11.9 Å². The molecule has 1 saturated heterocycles. The first-order chi connectivity index (χ1) is 13.3. The summed E-state index contributed by atoms with van der Waals surface area (Å²) in [7, 11) is 0. The molecule has 0 spiro atoms. The van der Waals surface area contributed by atoms with E-state index >= 15 is 0 Å². The minimum absolute atomic E-state index is 0.112. The van der Waals surface area contributed by atoms with Gasteiger partial charge in [-0.3, -0.25) is 4.40 Å². The van der Waals surface area contributed by atoms with Gasteiger partial charge in [0.2, 0.25) is 5.78 Å². The van der Waals surface area contributed by atoms with Gasteiger partial charge in [0.15, 0.2) is 5.76 Å². The van der Waals surface area contributed by atoms with E-state index in [2.05, 4.69) is 15.1 Å². The molecule has 4 rings (SSSR count). The predicted molar refractivity (Wildman–Crippen MR) is 103 cm³/mol. The van der Waals surface area contributed by atoms with E-state index in [0.29, 0.717) is 24.6 Å². The number of piperidine rings is 1. The second-order valence-electron chi connectivity index (χ2n) is 8.25. The Morgan fingerprint density at radius 2 is 2.14 bits per heavy atom. The van der Waals surface area contributed by atoms with Crippen LogP contribution in [0.3, 0.4) is 0 Å². The molecule has 8 nitrogen and oxygen atoms in total. The van der Waals surface area contributed by atoms with Crippen molar-refractivity contribution in [3.05, 3.63) is 36.0 Å². The lowest BCUT2D eigenvalue weighted by molar-refractivity contribution is 0.0197. The highest BCUT2D eigenvalue weighted by molar-refractivity contribution is 5.69. The number of aryl methyl sites for hydroxylation is 1. The van der Waals surface area contributed by atoms with Gasteiger partial charge in [0.25, 0.3) is 0 Å². The van der Waals surface area contributed by atoms with E-state index in [-0.39, 0.29) is 12.0 Å². The van der Waals surface area contributed by atoms with Crippen LogP contribution in [0.15, 0.2) is 29.2 Å². The summed E-state index contributed by atoms with van der Waals surface area (Å²) < 4.78 is 13.1. The van der Waals surface area contributed by atoms with E-state index in [1.807, 2.05) is 44.4 Å². The van der Waals surface area contributed by atoms with Crippen LogP contribution in [0.25, 0.3) is 17.1 Å². The third kappa shape index (κ3) is 3.58. The summed E-state index contributed by atoms with van der Waals surface area (Å²) in [5.74, 6) is 1.41. The summed E-state index contributed by atoms with van der Waals surface area (Å²) in [6.45, 7) is 8.81. The summed E-state index contributed by atoms with van der Waals surface area (Å²) in [5.41, 5.74) is 2.21. The van der Waals surface area contributed by atoms with Crippen LogP contribution in [0, 0.1) is 6.92 Å². The molecule has 1 aliphatic heterocycles. The number of fused-ring (bicyclic) bond motifs is 1. The second kappa shape index (κ2) is 6.92. The number of amides is 1. The third-order valence-corrected chi connectivity index (χ3v) is 4.82. The van der Waals surface area contributed by atoms with Gasteiger partial charge in [-0.2, -0.15) is 0 Å². The van der Waals surface area contributed by atoms with Crippen LogP contribution in [0.5, 0.6) is 0 Å². The fourth-order valence-electron chi connectivity index (χ4n) is 3.69. The molecule has 3 aromatic rings. The van der Waals surface area contributed by atoms with Crippen molar-refractivity contribution in [1.29, 1.82) is 0 Å². The molecule has 0 bridgehead atoms. The van der Waals surface area contributed by atoms with Crippen LogP contribution in [0.2, 0.25) is 0 Å². The smallest absolute Gasteiger partial charge is 0.410 e. The lowest BCUT2D eigenvalue weighted by Gasteiger charge is -2.34. The number of nitrogens with zero attached hydrogens (tertiary/aromatic N) is 5. The predicted octanol–water partition coefficient (Wildman–Crippen LogP) is 3.81. The molecule has 1 amide bonds. The number of hydrogen-bond acceptors (Lipinski definition) is 6. The van der Waals surface area contributed by atoms with E-state index in [0.717, 1.165) is 29.8 Å². The molecule has 4 heterocycles. The zero-order valence-corrected chi connectivity index (χ0v) is 16.7. The zero-order chi connectivity index (χ0) is 19.9. The Bertz CT molecular complexity index is 1000. The quantitative estimate of drug-likeness (QED) is 0.669. The number of ether oxygens (including phenoxy) is 1. The highest BCUT2D eigenvalue weighted by Gasteiger charge is 2.31. The maximum atomic E-state index is 12.6. The molecular formula is C20H25N5O3. The maximum absolute atomic E-state index is 12.6. The molecule has 148 valence electrons. The Hall–Kier alpha value is -2.90. The van der Waals surface area contributed by atoms with Crippen molar-refractivity contribution in [2.75, 3.05) is 13.1 Å². The number of aromatic nitrogens is 4. The van der Waals surface area contributed by atoms with Crippen molar-refractivity contribution in [1.82, 2.24) is 24.4 Å². The Morgan fingerprint density at radius 3 is 2.86 bits per heavy atom. The molecule has 1 aliphatic rings. The maximum Gasteiger partial charge on any atom is 0.410 e. The van der Waals surface area contributed by atoms with Gasteiger partial charge in [-0.15, -0.1) is 0 Å². The van der Waals surface area contributed by atoms with Gasteiger partial charge in [0, 0.05) is 49.4 Å². The van der Waals surface area contributed by atoms with E-state index in [4.69, 9.17) is 9.26 Å². The molecule has 0 radical (unpaired) electrons. The van der Waals surface area contributed by atoms with Crippen LogP contribution < -0.4 is 0 Å². The third-order valence-electron chi connectivity index (χ3n) is 4.82. The fraction of sp³-hybridized carbons (Fsp3) is 0.500. The van der Waals surface area contributed by atoms with Gasteiger partial charge in [-0.05, 0) is 40.5 Å². The molecule has 1 fully saturated rings. The van der Waals surface area contributed by atoms with Crippen molar-refractivity contribution < 1.29 is 14.1 Å². The average molecular weight is 383 g/mol. The van der Waals surface area contributed by atoms with Crippen LogP contribution in [0.4, 0.5) is 4.79 Å². The van der Waals surface area contributed by atoms with E-state index < -0.39 is 5.60 Å². The molecule has 8 heteroatoms. The van der Waals surface area contributed by atoms with E-state index in [1.165, 1.54) is 0 Å². The van der Waals surface area contributed by atoms with E-state index in [1.54, 1.807) is 17.3 Å². The Kier molecular flexibility index (Phi) is 4.56. The summed E-state index contributed by atoms with van der Waals surface area (Å²) in [5, 5.41) is 4.02. The van der Waals surface area contributed by atoms with Gasteiger partial charge in [-0.1, -0.05) is 5.16 Å². The number of carbonyl (C=O) groups excluding carboxylic acids is 1. The monoisotopic (exact) mass is 383 g/mol. The zero-order valence-electron chi connectivity index (χ0n) is 16.7. The molecule has 0 unspecified atom stereocenters. The SMILES string of the molecule is Cc1cc(-c2cnc3nccn3c2[C@H]2CCCN(C(=O)OC(C)(C)C)C2)on1. The van der Waals surface area contributed by atoms with Crippen molar-refractivity contribution in [2.45, 2.75) is 52.1 Å². The molecule has 0 aromatic carbocycles. The minimum Gasteiger partial charge on any atom is -0.444 e. The molecule has 0 saturated carbocycles. The molecule has 0 N–H and O–H groups in total. The lowest BCUT2D eigenvalue weighted by atomic mass is 9.91. The van der Waals surface area contributed by atoms with Crippen LogP contribution in [-0.4, -0.2) is 49.2 Å². The number of rotatable bonds is 2. The van der Waals surface area contributed by atoms with Gasteiger partial charge in [0.1, 0.15) is 5.60 Å². The Morgan fingerprint density at radius 1 is 1.32 bits per heavy atom.